The van der Waals surface area contributed by atoms with Crippen LogP contribution in [0.2, 0.25) is 0 Å². The summed E-state index contributed by atoms with van der Waals surface area (Å²) in [5.74, 6) is 0.491. The molecule has 0 amide bonds. The van der Waals surface area contributed by atoms with Crippen molar-refractivity contribution in [1.29, 1.82) is 0 Å². The number of halogens is 3. The van der Waals surface area contributed by atoms with Gasteiger partial charge in [-0.25, -0.2) is 8.42 Å². The molecule has 2 rings (SSSR count). The van der Waals surface area contributed by atoms with Gasteiger partial charge in [0.2, 0.25) is 10.0 Å². The van der Waals surface area contributed by atoms with E-state index in [9.17, 15) is 21.6 Å². The van der Waals surface area contributed by atoms with Crippen LogP contribution in [-0.4, -0.2) is 38.6 Å². The van der Waals surface area contributed by atoms with Crippen LogP contribution in [0.15, 0.2) is 23.1 Å². The number of hydrogen-bond donors (Lipinski definition) is 0. The molecular weight excluding hydrogens is 319 g/mol. The molecule has 0 radical (unpaired) electrons. The number of alkyl halides is 3. The Bertz CT molecular complexity index is 643. The monoisotopic (exact) mass is 337 g/mol. The molecular formula is C14H18F3NO3S. The smallest absolute Gasteiger partial charge is 0.405 e. The highest BCUT2D eigenvalue weighted by Crippen LogP contribution is 2.36. The van der Waals surface area contributed by atoms with Gasteiger partial charge in [0.1, 0.15) is 11.8 Å². The van der Waals surface area contributed by atoms with E-state index in [-0.39, 0.29) is 17.9 Å². The Morgan fingerprint density at radius 2 is 1.95 bits per heavy atom. The molecule has 0 spiro atoms. The summed E-state index contributed by atoms with van der Waals surface area (Å²) in [6.45, 7) is 1.53. The Balaban J connectivity index is 2.42. The molecule has 1 fully saturated rings. The van der Waals surface area contributed by atoms with E-state index in [2.05, 4.69) is 0 Å². The van der Waals surface area contributed by atoms with Crippen LogP contribution in [0.5, 0.6) is 5.75 Å². The molecule has 1 aromatic carbocycles. The van der Waals surface area contributed by atoms with Crippen LogP contribution in [0, 0.1) is 6.92 Å². The molecule has 1 saturated heterocycles. The van der Waals surface area contributed by atoms with Gasteiger partial charge in [0, 0.05) is 6.54 Å². The zero-order valence-corrected chi connectivity index (χ0v) is 13.2. The summed E-state index contributed by atoms with van der Waals surface area (Å²) in [5.41, 5.74) is 0.559. The molecule has 8 heteroatoms. The minimum absolute atomic E-state index is 0.114. The van der Waals surface area contributed by atoms with Gasteiger partial charge in [-0.1, -0.05) is 6.42 Å². The minimum atomic E-state index is -4.56. The highest BCUT2D eigenvalue weighted by molar-refractivity contribution is 7.89. The average molecular weight is 337 g/mol. The van der Waals surface area contributed by atoms with E-state index in [1.807, 2.05) is 0 Å². The number of aryl methyl sites for hydroxylation is 1. The van der Waals surface area contributed by atoms with Crippen molar-refractivity contribution in [1.82, 2.24) is 4.31 Å². The molecule has 0 aromatic heterocycles. The van der Waals surface area contributed by atoms with Crippen molar-refractivity contribution in [2.45, 2.75) is 43.3 Å². The molecule has 0 bridgehead atoms. The van der Waals surface area contributed by atoms with Crippen molar-refractivity contribution >= 4 is 10.0 Å². The largest absolute Gasteiger partial charge is 0.496 e. The van der Waals surface area contributed by atoms with E-state index in [0.717, 1.165) is 0 Å². The second-order valence-corrected chi connectivity index (χ2v) is 7.19. The average Bonchev–Trinajstić information content (AvgIpc) is 2.46. The molecule has 1 atom stereocenters. The fraction of sp³-hybridized carbons (Fsp3) is 0.571. The Morgan fingerprint density at radius 3 is 2.50 bits per heavy atom. The van der Waals surface area contributed by atoms with E-state index in [1.54, 1.807) is 6.92 Å². The van der Waals surface area contributed by atoms with Crippen LogP contribution in [0.1, 0.15) is 24.8 Å². The molecule has 0 N–H and O–H groups in total. The molecule has 1 heterocycles. The van der Waals surface area contributed by atoms with Crippen molar-refractivity contribution < 1.29 is 26.3 Å². The maximum Gasteiger partial charge on any atom is 0.405 e. The van der Waals surface area contributed by atoms with E-state index >= 15 is 0 Å². The summed E-state index contributed by atoms with van der Waals surface area (Å²) in [4.78, 5) is -0.137. The van der Waals surface area contributed by atoms with Gasteiger partial charge >= 0.3 is 6.18 Å². The Hall–Kier alpha value is -1.28. The fourth-order valence-electron chi connectivity index (χ4n) is 2.67. The Kier molecular flexibility index (Phi) is 4.72. The van der Waals surface area contributed by atoms with E-state index in [1.165, 1.54) is 25.3 Å². The lowest BCUT2D eigenvalue weighted by molar-refractivity contribution is -0.177. The van der Waals surface area contributed by atoms with E-state index < -0.39 is 22.2 Å². The number of benzene rings is 1. The SMILES string of the molecule is COc1ccc(S(=O)(=O)N2CCCCC2C(F)(F)F)cc1C. The highest BCUT2D eigenvalue weighted by atomic mass is 32.2. The number of hydrogen-bond acceptors (Lipinski definition) is 3. The summed E-state index contributed by atoms with van der Waals surface area (Å²) in [6, 6.07) is 2.13. The van der Waals surface area contributed by atoms with Gasteiger partial charge in [0.15, 0.2) is 0 Å². The van der Waals surface area contributed by atoms with Crippen LogP contribution < -0.4 is 4.74 Å². The maximum atomic E-state index is 13.1. The van der Waals surface area contributed by atoms with E-state index in [0.29, 0.717) is 28.5 Å². The number of rotatable bonds is 3. The lowest BCUT2D eigenvalue weighted by atomic mass is 10.0. The molecule has 1 aliphatic rings. The first-order valence-corrected chi connectivity index (χ1v) is 8.35. The summed E-state index contributed by atoms with van der Waals surface area (Å²) >= 11 is 0. The third-order valence-corrected chi connectivity index (χ3v) is 5.71. The van der Waals surface area contributed by atoms with Crippen molar-refractivity contribution in [3.8, 4) is 5.75 Å². The second kappa shape index (κ2) is 6.08. The second-order valence-electron chi connectivity index (χ2n) is 5.30. The zero-order valence-electron chi connectivity index (χ0n) is 12.4. The Labute approximate surface area is 127 Å². The van der Waals surface area contributed by atoms with Crippen LogP contribution in [0.25, 0.3) is 0 Å². The van der Waals surface area contributed by atoms with Gasteiger partial charge in [-0.15, -0.1) is 0 Å². The van der Waals surface area contributed by atoms with Gasteiger partial charge in [-0.3, -0.25) is 0 Å². The first-order chi connectivity index (χ1) is 10.2. The van der Waals surface area contributed by atoms with Crippen molar-refractivity contribution in [2.75, 3.05) is 13.7 Å². The number of sulfonamides is 1. The quantitative estimate of drug-likeness (QED) is 0.851. The highest BCUT2D eigenvalue weighted by Gasteiger charge is 2.49. The first-order valence-electron chi connectivity index (χ1n) is 6.91. The predicted molar refractivity (Wildman–Crippen MR) is 75.3 cm³/mol. The molecule has 1 aromatic rings. The number of methoxy groups -OCH3 is 1. The molecule has 4 nitrogen and oxygen atoms in total. The summed E-state index contributed by atoms with van der Waals surface area (Å²) in [7, 11) is -2.74. The third kappa shape index (κ3) is 3.22. The molecule has 1 aliphatic heterocycles. The first kappa shape index (κ1) is 17.1. The molecule has 0 saturated carbocycles. The van der Waals surface area contributed by atoms with Gasteiger partial charge in [-0.2, -0.15) is 17.5 Å². The summed E-state index contributed by atoms with van der Waals surface area (Å²) < 4.78 is 70.1. The van der Waals surface area contributed by atoms with E-state index in [4.69, 9.17) is 4.74 Å². The number of nitrogens with zero attached hydrogens (tertiary/aromatic N) is 1. The van der Waals surface area contributed by atoms with Gasteiger partial charge in [0.25, 0.3) is 0 Å². The molecule has 1 unspecified atom stereocenters. The molecule has 124 valence electrons. The topological polar surface area (TPSA) is 46.6 Å². The van der Waals surface area contributed by atoms with Gasteiger partial charge in [0.05, 0.1) is 12.0 Å². The molecule has 0 aliphatic carbocycles. The standard InChI is InChI=1S/C14H18F3NO3S/c1-10-9-11(6-7-12(10)21-2)22(19,20)18-8-4-3-5-13(18)14(15,16)17/h6-7,9,13H,3-5,8H2,1-2H3. The third-order valence-electron chi connectivity index (χ3n) is 3.80. The number of piperidine rings is 1. The van der Waals surface area contributed by atoms with Crippen LogP contribution >= 0.6 is 0 Å². The lowest BCUT2D eigenvalue weighted by Crippen LogP contribution is -2.51. The van der Waals surface area contributed by atoms with Crippen LogP contribution in [0.3, 0.4) is 0 Å². The minimum Gasteiger partial charge on any atom is -0.496 e. The van der Waals surface area contributed by atoms with Crippen LogP contribution in [0.4, 0.5) is 13.2 Å². The summed E-state index contributed by atoms with van der Waals surface area (Å²) in [5, 5.41) is 0. The van der Waals surface area contributed by atoms with Gasteiger partial charge in [-0.05, 0) is 43.5 Å². The fourth-order valence-corrected chi connectivity index (χ4v) is 4.43. The normalized spacial score (nSPS) is 20.9. The van der Waals surface area contributed by atoms with Crippen molar-refractivity contribution in [3.05, 3.63) is 23.8 Å². The lowest BCUT2D eigenvalue weighted by Gasteiger charge is -2.35. The van der Waals surface area contributed by atoms with Gasteiger partial charge < -0.3 is 4.74 Å². The Morgan fingerprint density at radius 1 is 1.27 bits per heavy atom. The summed E-state index contributed by atoms with van der Waals surface area (Å²) in [6.07, 6.45) is -3.95. The number of ether oxygens (including phenoxy) is 1. The van der Waals surface area contributed by atoms with Crippen molar-refractivity contribution in [2.24, 2.45) is 0 Å². The van der Waals surface area contributed by atoms with Crippen LogP contribution in [-0.2, 0) is 10.0 Å². The molecule has 22 heavy (non-hydrogen) atoms. The van der Waals surface area contributed by atoms with Crippen molar-refractivity contribution in [3.63, 3.8) is 0 Å². The predicted octanol–water partition coefficient (Wildman–Crippen LogP) is 3.11. The maximum absolute atomic E-state index is 13.1. The zero-order chi connectivity index (χ0) is 16.5.